The summed E-state index contributed by atoms with van der Waals surface area (Å²) in [6, 6.07) is 7.98. The Morgan fingerprint density at radius 3 is 2.48 bits per heavy atom. The molecule has 0 radical (unpaired) electrons. The van der Waals surface area contributed by atoms with E-state index in [0.29, 0.717) is 12.8 Å². The average molecular weight is 341 g/mol. The van der Waals surface area contributed by atoms with Crippen molar-refractivity contribution in [3.05, 3.63) is 29.8 Å². The number of ether oxygens (including phenoxy) is 1. The topological polar surface area (TPSA) is 70.7 Å². The molecule has 0 spiro atoms. The van der Waals surface area contributed by atoms with Crippen molar-refractivity contribution in [1.29, 1.82) is 0 Å². The lowest BCUT2D eigenvalue weighted by atomic mass is 10.1. The van der Waals surface area contributed by atoms with Crippen LogP contribution in [0.3, 0.4) is 0 Å². The van der Waals surface area contributed by atoms with E-state index in [4.69, 9.17) is 11.2 Å². The first kappa shape index (κ1) is 17.3. The number of morpholine rings is 1. The zero-order chi connectivity index (χ0) is 17.7. The number of nitrogens with one attached hydrogen (secondary N) is 2. The highest BCUT2D eigenvalue weighted by atomic mass is 16.5. The predicted octanol–water partition coefficient (Wildman–Crippen LogP) is 0.464. The van der Waals surface area contributed by atoms with Crippen LogP contribution in [-0.2, 0) is 20.7 Å². The zero-order valence-electron chi connectivity index (χ0n) is 14.2. The number of amides is 2. The normalized spacial score (nSPS) is 18.1. The quantitative estimate of drug-likeness (QED) is 0.738. The first-order chi connectivity index (χ1) is 12.1. The highest BCUT2D eigenvalue weighted by Gasteiger charge is 2.50. The molecule has 2 amide bonds. The van der Waals surface area contributed by atoms with Gasteiger partial charge in [0.25, 0.3) is 0 Å². The highest BCUT2D eigenvalue weighted by Crippen LogP contribution is 2.35. The summed E-state index contributed by atoms with van der Waals surface area (Å²) < 4.78 is 5.36. The van der Waals surface area contributed by atoms with Crippen LogP contribution in [0.25, 0.3) is 0 Å². The summed E-state index contributed by atoms with van der Waals surface area (Å²) in [7, 11) is 0. The van der Waals surface area contributed by atoms with E-state index >= 15 is 0 Å². The fourth-order valence-electron chi connectivity index (χ4n) is 2.98. The number of hydrogen-bond donors (Lipinski definition) is 2. The number of anilines is 1. The minimum Gasteiger partial charge on any atom is -0.378 e. The second-order valence-corrected chi connectivity index (χ2v) is 6.46. The Balaban J connectivity index is 1.53. The van der Waals surface area contributed by atoms with Crippen molar-refractivity contribution in [3.63, 3.8) is 0 Å². The summed E-state index contributed by atoms with van der Waals surface area (Å²) in [4.78, 5) is 26.6. The van der Waals surface area contributed by atoms with Gasteiger partial charge >= 0.3 is 0 Å². The molecule has 1 saturated carbocycles. The number of rotatable bonds is 6. The van der Waals surface area contributed by atoms with E-state index in [1.54, 1.807) is 0 Å². The largest absolute Gasteiger partial charge is 0.378 e. The van der Waals surface area contributed by atoms with Gasteiger partial charge in [-0.3, -0.25) is 9.59 Å². The van der Waals surface area contributed by atoms with Crippen LogP contribution in [0, 0.1) is 12.3 Å². The average Bonchev–Trinajstić information content (AvgIpc) is 3.41. The van der Waals surface area contributed by atoms with E-state index in [0.717, 1.165) is 37.6 Å². The molecule has 1 saturated heterocycles. The van der Waals surface area contributed by atoms with E-state index in [9.17, 15) is 9.59 Å². The molecule has 3 rings (SSSR count). The maximum absolute atomic E-state index is 12.3. The van der Waals surface area contributed by atoms with E-state index in [-0.39, 0.29) is 24.8 Å². The van der Waals surface area contributed by atoms with Gasteiger partial charge in [-0.2, -0.15) is 0 Å². The summed E-state index contributed by atoms with van der Waals surface area (Å²) in [5.41, 5.74) is 1.30. The number of terminal acetylenes is 1. The van der Waals surface area contributed by atoms with Gasteiger partial charge in [-0.15, -0.1) is 6.42 Å². The standard InChI is InChI=1S/C19H23N3O3/c1-2-9-20-18(24)19(7-8-19)21-17(23)14-15-3-5-16(6-4-15)22-10-12-25-13-11-22/h1,3-6H,7-14H2,(H,20,24)(H,21,23). The third-order valence-electron chi connectivity index (χ3n) is 4.59. The molecular weight excluding hydrogens is 318 g/mol. The molecule has 1 aromatic carbocycles. The van der Waals surface area contributed by atoms with Gasteiger partial charge in [-0.25, -0.2) is 0 Å². The molecule has 1 heterocycles. The Morgan fingerprint density at radius 1 is 1.20 bits per heavy atom. The fraction of sp³-hybridized carbons (Fsp3) is 0.474. The summed E-state index contributed by atoms with van der Waals surface area (Å²) in [6.45, 7) is 3.44. The molecule has 1 aliphatic heterocycles. The lowest BCUT2D eigenvalue weighted by Gasteiger charge is -2.28. The van der Waals surface area contributed by atoms with Crippen LogP contribution < -0.4 is 15.5 Å². The maximum Gasteiger partial charge on any atom is 0.246 e. The van der Waals surface area contributed by atoms with Gasteiger partial charge in [-0.1, -0.05) is 18.1 Å². The molecule has 0 bridgehead atoms. The zero-order valence-corrected chi connectivity index (χ0v) is 14.2. The van der Waals surface area contributed by atoms with Crippen molar-refractivity contribution < 1.29 is 14.3 Å². The molecule has 2 aliphatic rings. The molecule has 1 aromatic rings. The molecule has 25 heavy (non-hydrogen) atoms. The number of hydrogen-bond acceptors (Lipinski definition) is 4. The van der Waals surface area contributed by atoms with Gasteiger partial charge in [-0.05, 0) is 30.5 Å². The Bertz CT molecular complexity index is 668. The van der Waals surface area contributed by atoms with Crippen LogP contribution in [-0.4, -0.2) is 50.2 Å². The van der Waals surface area contributed by atoms with Crippen molar-refractivity contribution in [1.82, 2.24) is 10.6 Å². The van der Waals surface area contributed by atoms with Crippen molar-refractivity contribution in [3.8, 4) is 12.3 Å². The Hall–Kier alpha value is -2.52. The monoisotopic (exact) mass is 341 g/mol. The van der Waals surface area contributed by atoms with E-state index in [1.807, 2.05) is 24.3 Å². The third kappa shape index (κ3) is 4.31. The molecule has 132 valence electrons. The maximum atomic E-state index is 12.3. The lowest BCUT2D eigenvalue weighted by Crippen LogP contribution is -2.49. The van der Waals surface area contributed by atoms with Crippen LogP contribution >= 0.6 is 0 Å². The summed E-state index contributed by atoms with van der Waals surface area (Å²) in [5.74, 6) is 2.03. The van der Waals surface area contributed by atoms with Gasteiger partial charge in [0.05, 0.1) is 26.2 Å². The second kappa shape index (κ2) is 7.58. The third-order valence-corrected chi connectivity index (χ3v) is 4.59. The Morgan fingerprint density at radius 2 is 1.88 bits per heavy atom. The van der Waals surface area contributed by atoms with Crippen LogP contribution in [0.4, 0.5) is 5.69 Å². The van der Waals surface area contributed by atoms with Crippen LogP contribution in [0.15, 0.2) is 24.3 Å². The second-order valence-electron chi connectivity index (χ2n) is 6.46. The minimum absolute atomic E-state index is 0.146. The van der Waals surface area contributed by atoms with Gasteiger partial charge < -0.3 is 20.3 Å². The molecule has 0 unspecified atom stereocenters. The molecule has 6 heteroatoms. The van der Waals surface area contributed by atoms with E-state index in [2.05, 4.69) is 21.5 Å². The molecular formula is C19H23N3O3. The smallest absolute Gasteiger partial charge is 0.246 e. The molecule has 1 aliphatic carbocycles. The molecule has 2 fully saturated rings. The Labute approximate surface area is 147 Å². The van der Waals surface area contributed by atoms with Crippen LogP contribution in [0.5, 0.6) is 0 Å². The van der Waals surface area contributed by atoms with Gasteiger partial charge in [0, 0.05) is 18.8 Å². The van der Waals surface area contributed by atoms with Crippen molar-refractivity contribution in [2.75, 3.05) is 37.7 Å². The predicted molar refractivity (Wildman–Crippen MR) is 95.1 cm³/mol. The number of nitrogens with zero attached hydrogens (tertiary/aromatic N) is 1. The summed E-state index contributed by atoms with van der Waals surface area (Å²) >= 11 is 0. The number of benzene rings is 1. The Kier molecular flexibility index (Phi) is 5.25. The van der Waals surface area contributed by atoms with Gasteiger partial charge in [0.2, 0.25) is 11.8 Å². The van der Waals surface area contributed by atoms with E-state index in [1.165, 1.54) is 0 Å². The lowest BCUT2D eigenvalue weighted by molar-refractivity contribution is -0.129. The highest BCUT2D eigenvalue weighted by molar-refractivity contribution is 5.94. The fourth-order valence-corrected chi connectivity index (χ4v) is 2.98. The summed E-state index contributed by atoms with van der Waals surface area (Å²) in [6.07, 6.45) is 6.72. The molecule has 0 atom stereocenters. The first-order valence-electron chi connectivity index (χ1n) is 8.57. The van der Waals surface area contributed by atoms with Crippen LogP contribution in [0.2, 0.25) is 0 Å². The van der Waals surface area contributed by atoms with Crippen molar-refractivity contribution >= 4 is 17.5 Å². The van der Waals surface area contributed by atoms with Crippen molar-refractivity contribution in [2.24, 2.45) is 0 Å². The van der Waals surface area contributed by atoms with Crippen molar-refractivity contribution in [2.45, 2.75) is 24.8 Å². The first-order valence-corrected chi connectivity index (χ1v) is 8.57. The minimum atomic E-state index is -0.762. The SMILES string of the molecule is C#CCNC(=O)C1(NC(=O)Cc2ccc(N3CCOCC3)cc2)CC1. The molecule has 2 N–H and O–H groups in total. The number of carbonyl (C=O) groups excluding carboxylic acids is 2. The van der Waals surface area contributed by atoms with Gasteiger partial charge in [0.15, 0.2) is 0 Å². The number of carbonyl (C=O) groups is 2. The van der Waals surface area contributed by atoms with Crippen LogP contribution in [0.1, 0.15) is 18.4 Å². The molecule has 6 nitrogen and oxygen atoms in total. The van der Waals surface area contributed by atoms with Gasteiger partial charge in [0.1, 0.15) is 5.54 Å². The summed E-state index contributed by atoms with van der Waals surface area (Å²) in [5, 5.41) is 5.50. The van der Waals surface area contributed by atoms with E-state index < -0.39 is 5.54 Å². The molecule has 0 aromatic heterocycles.